The Kier molecular flexibility index (Phi) is 7.89. The van der Waals surface area contributed by atoms with Crippen molar-refractivity contribution in [1.29, 1.82) is 0 Å². The van der Waals surface area contributed by atoms with Gasteiger partial charge in [-0.15, -0.1) is 0 Å². The number of anilines is 2. The van der Waals surface area contributed by atoms with E-state index in [1.807, 2.05) is 0 Å². The highest BCUT2D eigenvalue weighted by Gasteiger charge is 2.73. The SMILES string of the molecule is Cc1cc(C2(c3cc(C)c(N)c(C(O)(C(F)(F)F)C(F)(F)F)c3)c3ccccc3-c3ccccc32)cc(C(O)(C(F)(F)F)C(F)(F)F)c1N. The largest absolute Gasteiger partial charge is 0.430 e. The number of aliphatic hydroxyl groups is 2. The first kappa shape index (κ1) is 35.9. The fourth-order valence-electron chi connectivity index (χ4n) is 6.58. The Morgan fingerprint density at radius 3 is 1.06 bits per heavy atom. The molecular formula is C33H24F12N2O2. The molecule has 6 N–H and O–H groups in total. The topological polar surface area (TPSA) is 92.5 Å². The number of rotatable bonds is 4. The van der Waals surface area contributed by atoms with Crippen molar-refractivity contribution in [3.8, 4) is 11.1 Å². The zero-order chi connectivity index (χ0) is 36.9. The van der Waals surface area contributed by atoms with Crippen LogP contribution in [0.15, 0.2) is 72.8 Å². The van der Waals surface area contributed by atoms with Gasteiger partial charge in [0.25, 0.3) is 11.2 Å². The Balaban J connectivity index is 2.05. The first-order chi connectivity index (χ1) is 22.3. The molecule has 0 bridgehead atoms. The quantitative estimate of drug-likeness (QED) is 0.111. The lowest BCUT2D eigenvalue weighted by Crippen LogP contribution is -2.54. The molecule has 1 aliphatic rings. The van der Waals surface area contributed by atoms with Gasteiger partial charge in [-0.3, -0.25) is 0 Å². The molecule has 4 aromatic carbocycles. The van der Waals surface area contributed by atoms with E-state index in [1.165, 1.54) is 48.5 Å². The van der Waals surface area contributed by atoms with Crippen molar-refractivity contribution < 1.29 is 62.9 Å². The molecule has 1 aliphatic carbocycles. The Labute approximate surface area is 269 Å². The van der Waals surface area contributed by atoms with Gasteiger partial charge in [0.1, 0.15) is 0 Å². The summed E-state index contributed by atoms with van der Waals surface area (Å²) < 4.78 is 171. The van der Waals surface area contributed by atoms with Gasteiger partial charge in [0.2, 0.25) is 0 Å². The lowest BCUT2D eigenvalue weighted by molar-refractivity contribution is -0.376. The third-order valence-electron chi connectivity index (χ3n) is 9.01. The molecule has 0 heterocycles. The number of nitrogens with two attached hydrogens (primary N) is 2. The van der Waals surface area contributed by atoms with Crippen LogP contribution >= 0.6 is 0 Å². The van der Waals surface area contributed by atoms with E-state index in [2.05, 4.69) is 0 Å². The maximum absolute atomic E-state index is 14.2. The van der Waals surface area contributed by atoms with E-state index in [-0.39, 0.29) is 34.4 Å². The fraction of sp³-hybridized carbons (Fsp3) is 0.273. The van der Waals surface area contributed by atoms with Crippen molar-refractivity contribution in [1.82, 2.24) is 0 Å². The van der Waals surface area contributed by atoms with Crippen LogP contribution in [-0.2, 0) is 16.6 Å². The van der Waals surface area contributed by atoms with Crippen molar-refractivity contribution in [2.75, 3.05) is 11.5 Å². The fourth-order valence-corrected chi connectivity index (χ4v) is 6.58. The zero-order valence-electron chi connectivity index (χ0n) is 25.0. The van der Waals surface area contributed by atoms with Crippen molar-refractivity contribution in [3.05, 3.63) is 117 Å². The summed E-state index contributed by atoms with van der Waals surface area (Å²) in [6, 6.07) is 14.0. The van der Waals surface area contributed by atoms with Crippen LogP contribution in [0.1, 0.15) is 44.5 Å². The summed E-state index contributed by atoms with van der Waals surface area (Å²) in [5, 5.41) is 20.9. The first-order valence-corrected chi connectivity index (χ1v) is 14.0. The van der Waals surface area contributed by atoms with Gasteiger partial charge >= 0.3 is 24.7 Å². The van der Waals surface area contributed by atoms with Crippen LogP contribution in [0.4, 0.5) is 64.1 Å². The van der Waals surface area contributed by atoms with Gasteiger partial charge in [-0.25, -0.2) is 0 Å². The Morgan fingerprint density at radius 1 is 0.490 bits per heavy atom. The van der Waals surface area contributed by atoms with Crippen LogP contribution in [0.25, 0.3) is 11.1 Å². The summed E-state index contributed by atoms with van der Waals surface area (Å²) in [4.78, 5) is 0. The summed E-state index contributed by atoms with van der Waals surface area (Å²) in [6.45, 7) is 2.03. The molecule has 0 radical (unpaired) electrons. The number of alkyl halides is 12. The smallest absolute Gasteiger partial charge is 0.398 e. The van der Waals surface area contributed by atoms with Crippen molar-refractivity contribution in [3.63, 3.8) is 0 Å². The van der Waals surface area contributed by atoms with Gasteiger partial charge in [-0.2, -0.15) is 52.7 Å². The van der Waals surface area contributed by atoms with Gasteiger partial charge in [-0.1, -0.05) is 60.7 Å². The minimum Gasteiger partial charge on any atom is -0.398 e. The first-order valence-electron chi connectivity index (χ1n) is 14.0. The molecule has 4 aromatic rings. The molecule has 16 heteroatoms. The zero-order valence-corrected chi connectivity index (χ0v) is 25.0. The number of fused-ring (bicyclic) bond motifs is 3. The number of nitrogen functional groups attached to an aromatic ring is 2. The normalized spacial score (nSPS) is 15.3. The molecule has 0 saturated heterocycles. The molecule has 0 saturated carbocycles. The van der Waals surface area contributed by atoms with Gasteiger partial charge in [0.15, 0.2) is 0 Å². The molecule has 0 amide bonds. The highest BCUT2D eigenvalue weighted by atomic mass is 19.4. The predicted molar refractivity (Wildman–Crippen MR) is 154 cm³/mol. The molecule has 0 aliphatic heterocycles. The van der Waals surface area contributed by atoms with Gasteiger partial charge in [0, 0.05) is 22.5 Å². The Hall–Kier alpha value is -4.44. The predicted octanol–water partition coefficient (Wildman–Crippen LogP) is 8.46. The molecule has 0 fully saturated rings. The second-order valence-corrected chi connectivity index (χ2v) is 11.8. The summed E-state index contributed by atoms with van der Waals surface area (Å²) in [5.41, 5.74) is -9.31. The van der Waals surface area contributed by atoms with Crippen LogP contribution in [0.3, 0.4) is 0 Å². The van der Waals surface area contributed by atoms with Gasteiger partial charge in [-0.05, 0) is 70.5 Å². The Morgan fingerprint density at radius 2 is 0.776 bits per heavy atom. The van der Waals surface area contributed by atoms with E-state index in [1.54, 1.807) is 0 Å². The second-order valence-electron chi connectivity index (χ2n) is 11.8. The van der Waals surface area contributed by atoms with Gasteiger partial charge in [0.05, 0.1) is 5.41 Å². The third kappa shape index (κ3) is 4.77. The highest BCUT2D eigenvalue weighted by Crippen LogP contribution is 2.60. The maximum atomic E-state index is 14.2. The second kappa shape index (κ2) is 10.8. The van der Waals surface area contributed by atoms with Crippen molar-refractivity contribution >= 4 is 11.4 Å². The number of benzene rings is 4. The van der Waals surface area contributed by atoms with E-state index in [0.29, 0.717) is 0 Å². The summed E-state index contributed by atoms with van der Waals surface area (Å²) in [7, 11) is 0. The molecule has 262 valence electrons. The number of aryl methyl sites for hydroxylation is 2. The molecular weight excluding hydrogens is 684 g/mol. The minimum absolute atomic E-state index is 0.0200. The van der Waals surface area contributed by atoms with Crippen molar-refractivity contribution in [2.24, 2.45) is 0 Å². The molecule has 0 aromatic heterocycles. The van der Waals surface area contributed by atoms with E-state index < -0.39 is 86.1 Å². The minimum atomic E-state index is -6.41. The average molecular weight is 709 g/mol. The van der Waals surface area contributed by atoms with Crippen LogP contribution in [0, 0.1) is 13.8 Å². The monoisotopic (exact) mass is 708 g/mol. The van der Waals surface area contributed by atoms with Gasteiger partial charge < -0.3 is 21.7 Å². The maximum Gasteiger partial charge on any atom is 0.430 e. The van der Waals surface area contributed by atoms with Crippen LogP contribution in [0.5, 0.6) is 0 Å². The van der Waals surface area contributed by atoms with Crippen LogP contribution in [0.2, 0.25) is 0 Å². The molecule has 4 nitrogen and oxygen atoms in total. The van der Waals surface area contributed by atoms with E-state index in [4.69, 9.17) is 11.5 Å². The molecule has 0 atom stereocenters. The van der Waals surface area contributed by atoms with Crippen LogP contribution < -0.4 is 11.5 Å². The molecule has 5 rings (SSSR count). The summed E-state index contributed by atoms with van der Waals surface area (Å²) in [6.07, 6.45) is -25.7. The molecule has 0 unspecified atom stereocenters. The third-order valence-corrected chi connectivity index (χ3v) is 9.01. The highest BCUT2D eigenvalue weighted by molar-refractivity contribution is 5.87. The summed E-state index contributed by atoms with van der Waals surface area (Å²) >= 11 is 0. The van der Waals surface area contributed by atoms with E-state index in [9.17, 15) is 62.9 Å². The summed E-state index contributed by atoms with van der Waals surface area (Å²) in [5.74, 6) is 0. The van der Waals surface area contributed by atoms with E-state index >= 15 is 0 Å². The van der Waals surface area contributed by atoms with E-state index in [0.717, 1.165) is 26.0 Å². The number of hydrogen-bond donors (Lipinski definition) is 4. The average Bonchev–Trinajstić information content (AvgIpc) is 3.28. The molecule has 49 heavy (non-hydrogen) atoms. The van der Waals surface area contributed by atoms with Crippen LogP contribution in [-0.4, -0.2) is 34.9 Å². The Bertz CT molecular complexity index is 1790. The standard InChI is InChI=1S/C33H24F12N2O2/c1-15-11-17(13-23(25(15)46)28(48,30(34,35)36)31(37,38)39)27(21-9-5-3-7-19(21)20-8-4-6-10-22(20)27)18-12-16(2)26(47)24(14-18)29(49,32(40,41)42)33(43,44)45/h3-14,48-49H,46-47H2,1-2H3. The lowest BCUT2D eigenvalue weighted by atomic mass is 9.65. The molecule has 0 spiro atoms. The number of hydrogen-bond acceptors (Lipinski definition) is 4. The lowest BCUT2D eigenvalue weighted by Gasteiger charge is -2.39. The number of halogens is 12. The van der Waals surface area contributed by atoms with Crippen molar-refractivity contribution in [2.45, 2.75) is 55.2 Å².